The van der Waals surface area contributed by atoms with Gasteiger partial charge in [-0.1, -0.05) is 143 Å². The molecule has 0 atom stereocenters. The molecule has 3 amide bonds. The second-order valence-electron chi connectivity index (χ2n) is 15.9. The van der Waals surface area contributed by atoms with Crippen molar-refractivity contribution < 1.29 is 42.0 Å². The number of unbranched alkanes of at least 4 members (excludes halogenated alkanes) is 18. The van der Waals surface area contributed by atoms with E-state index in [0.717, 1.165) is 49.5 Å². The Hall–Kier alpha value is -4.36. The highest BCUT2D eigenvalue weighted by Gasteiger charge is 2.39. The first-order valence-corrected chi connectivity index (χ1v) is 22.4. The zero-order valence-electron chi connectivity index (χ0n) is 36.6. The summed E-state index contributed by atoms with van der Waals surface area (Å²) in [5.41, 5.74) is -2.68. The van der Waals surface area contributed by atoms with Crippen LogP contribution in [0.2, 0.25) is 0 Å². The summed E-state index contributed by atoms with van der Waals surface area (Å²) < 4.78 is 53.2. The Morgan fingerprint density at radius 3 is 1.57 bits per heavy atom. The van der Waals surface area contributed by atoms with Gasteiger partial charge >= 0.3 is 6.18 Å². The molecule has 0 saturated carbocycles. The Labute approximate surface area is 356 Å². The first-order valence-electron chi connectivity index (χ1n) is 22.4. The summed E-state index contributed by atoms with van der Waals surface area (Å²) in [4.78, 5) is 50.2. The van der Waals surface area contributed by atoms with E-state index in [2.05, 4.69) is 24.5 Å². The lowest BCUT2D eigenvalue weighted by atomic mass is 10.1. The van der Waals surface area contributed by atoms with Gasteiger partial charge < -0.3 is 25.0 Å². The number of nitro benzene ring substituents is 1. The van der Waals surface area contributed by atoms with E-state index in [-0.39, 0.29) is 18.8 Å². The number of nitrogens with zero attached hydrogens (tertiary/aromatic N) is 2. The van der Waals surface area contributed by atoms with Gasteiger partial charge in [0, 0.05) is 42.4 Å². The number of rotatable bonds is 33. The SMILES string of the molecule is CCCCCCCCCCCCOc1cc(OCCCCCCCCCCCC)cc(C(=O)NCCNC(=O)CN(C(=O)C(C)C)c2ccc([N+](=O)[O-])c(C(F)(F)F)c2)c1. The summed E-state index contributed by atoms with van der Waals surface area (Å²) in [5, 5.41) is 16.6. The molecule has 2 aromatic rings. The molecule has 2 rings (SSSR count). The van der Waals surface area contributed by atoms with Crippen molar-refractivity contribution in [3.63, 3.8) is 0 Å². The van der Waals surface area contributed by atoms with Crippen LogP contribution in [0.5, 0.6) is 11.5 Å². The highest BCUT2D eigenvalue weighted by molar-refractivity contribution is 6.00. The van der Waals surface area contributed by atoms with Crippen molar-refractivity contribution in [1.82, 2.24) is 10.6 Å². The molecule has 0 heterocycles. The molecule has 60 heavy (non-hydrogen) atoms. The fraction of sp³-hybridized carbons (Fsp3) is 0.674. The predicted molar refractivity (Wildman–Crippen MR) is 232 cm³/mol. The third-order valence-corrected chi connectivity index (χ3v) is 10.3. The average Bonchev–Trinajstić information content (AvgIpc) is 3.21. The lowest BCUT2D eigenvalue weighted by Gasteiger charge is -2.25. The van der Waals surface area contributed by atoms with Crippen LogP contribution in [0.15, 0.2) is 36.4 Å². The molecular formula is C46H71F3N4O7. The smallest absolute Gasteiger partial charge is 0.423 e. The number of amides is 3. The number of alkyl halides is 3. The van der Waals surface area contributed by atoms with Gasteiger partial charge in [0.2, 0.25) is 11.8 Å². The minimum Gasteiger partial charge on any atom is -0.493 e. The topological polar surface area (TPSA) is 140 Å². The number of halogens is 3. The van der Waals surface area contributed by atoms with Crippen LogP contribution < -0.4 is 25.0 Å². The van der Waals surface area contributed by atoms with Crippen LogP contribution in [-0.2, 0) is 15.8 Å². The van der Waals surface area contributed by atoms with Crippen LogP contribution in [0.25, 0.3) is 0 Å². The third kappa shape index (κ3) is 21.2. The highest BCUT2D eigenvalue weighted by atomic mass is 19.4. The monoisotopic (exact) mass is 849 g/mol. The highest BCUT2D eigenvalue weighted by Crippen LogP contribution is 2.38. The number of nitro groups is 1. The summed E-state index contributed by atoms with van der Waals surface area (Å²) in [6, 6.07) is 7.29. The van der Waals surface area contributed by atoms with Gasteiger partial charge in [0.25, 0.3) is 11.6 Å². The number of anilines is 1. The maximum absolute atomic E-state index is 13.7. The predicted octanol–water partition coefficient (Wildman–Crippen LogP) is 11.7. The maximum Gasteiger partial charge on any atom is 0.423 e. The van der Waals surface area contributed by atoms with Gasteiger partial charge in [-0.2, -0.15) is 13.2 Å². The zero-order valence-corrected chi connectivity index (χ0v) is 36.6. The second-order valence-corrected chi connectivity index (χ2v) is 15.9. The van der Waals surface area contributed by atoms with Crippen LogP contribution in [0, 0.1) is 16.0 Å². The first-order chi connectivity index (χ1) is 28.8. The molecule has 0 aromatic heterocycles. The van der Waals surface area contributed by atoms with Crippen LogP contribution in [0.3, 0.4) is 0 Å². The van der Waals surface area contributed by atoms with E-state index in [0.29, 0.717) is 42.4 Å². The van der Waals surface area contributed by atoms with E-state index in [1.165, 1.54) is 104 Å². The van der Waals surface area contributed by atoms with Gasteiger partial charge in [-0.15, -0.1) is 0 Å². The molecule has 0 aliphatic rings. The number of benzene rings is 2. The molecule has 0 bridgehead atoms. The Bertz CT molecular complexity index is 1530. The lowest BCUT2D eigenvalue weighted by Crippen LogP contribution is -2.44. The quantitative estimate of drug-likeness (QED) is 0.0414. The molecule has 2 N–H and O–H groups in total. The fourth-order valence-electron chi connectivity index (χ4n) is 6.79. The number of nitrogens with one attached hydrogen (secondary N) is 2. The number of carbonyl (C=O) groups excluding carboxylic acids is 3. The van der Waals surface area contributed by atoms with E-state index < -0.39 is 52.5 Å². The summed E-state index contributed by atoms with van der Waals surface area (Å²) >= 11 is 0. The van der Waals surface area contributed by atoms with E-state index in [9.17, 15) is 37.7 Å². The Kier molecular flexibility index (Phi) is 25.7. The van der Waals surface area contributed by atoms with Gasteiger partial charge in [0.15, 0.2) is 0 Å². The molecule has 0 spiro atoms. The molecule has 14 heteroatoms. The number of hydrogen-bond donors (Lipinski definition) is 2. The molecule has 0 unspecified atom stereocenters. The van der Waals surface area contributed by atoms with Crippen molar-refractivity contribution >= 4 is 29.1 Å². The number of hydrogen-bond acceptors (Lipinski definition) is 7. The van der Waals surface area contributed by atoms with Crippen LogP contribution in [-0.4, -0.2) is 55.5 Å². The molecule has 0 radical (unpaired) electrons. The van der Waals surface area contributed by atoms with E-state index in [1.54, 1.807) is 18.2 Å². The summed E-state index contributed by atoms with van der Waals surface area (Å²) in [7, 11) is 0. The Morgan fingerprint density at radius 1 is 0.683 bits per heavy atom. The van der Waals surface area contributed by atoms with Crippen molar-refractivity contribution in [2.24, 2.45) is 5.92 Å². The summed E-state index contributed by atoms with van der Waals surface area (Å²) in [6.45, 7) is 7.84. The fourth-order valence-corrected chi connectivity index (χ4v) is 6.79. The number of ether oxygens (including phenoxy) is 2. The normalized spacial score (nSPS) is 11.4. The Balaban J connectivity index is 1.97. The summed E-state index contributed by atoms with van der Waals surface area (Å²) in [5.74, 6) is -1.41. The van der Waals surface area contributed by atoms with Gasteiger partial charge in [-0.05, 0) is 37.1 Å². The molecule has 11 nitrogen and oxygen atoms in total. The summed E-state index contributed by atoms with van der Waals surface area (Å²) in [6.07, 6.45) is 19.1. The van der Waals surface area contributed by atoms with Gasteiger partial charge in [-0.25, -0.2) is 0 Å². The molecule has 0 aliphatic heterocycles. The first kappa shape index (κ1) is 51.8. The largest absolute Gasteiger partial charge is 0.493 e. The van der Waals surface area contributed by atoms with Crippen molar-refractivity contribution in [3.05, 3.63) is 57.6 Å². The van der Waals surface area contributed by atoms with E-state index in [1.807, 2.05) is 0 Å². The van der Waals surface area contributed by atoms with Crippen LogP contribution in [0.1, 0.15) is 172 Å². The minimum absolute atomic E-state index is 0.0109. The van der Waals surface area contributed by atoms with Crippen molar-refractivity contribution in [2.75, 3.05) is 37.7 Å². The molecule has 0 fully saturated rings. The molecule has 0 saturated heterocycles. The lowest BCUT2D eigenvalue weighted by molar-refractivity contribution is -0.388. The third-order valence-electron chi connectivity index (χ3n) is 10.3. The zero-order chi connectivity index (χ0) is 44.2. The van der Waals surface area contributed by atoms with Gasteiger partial charge in [0.05, 0.1) is 18.1 Å². The average molecular weight is 849 g/mol. The molecular weight excluding hydrogens is 778 g/mol. The number of carbonyl (C=O) groups is 3. The van der Waals surface area contributed by atoms with Crippen LogP contribution in [0.4, 0.5) is 24.5 Å². The van der Waals surface area contributed by atoms with Crippen LogP contribution >= 0.6 is 0 Å². The molecule has 2 aromatic carbocycles. The van der Waals surface area contributed by atoms with Gasteiger partial charge in [-0.3, -0.25) is 24.5 Å². The molecule has 338 valence electrons. The minimum atomic E-state index is -5.07. The second kappa shape index (κ2) is 29.8. The van der Waals surface area contributed by atoms with Crippen molar-refractivity contribution in [2.45, 2.75) is 162 Å². The molecule has 0 aliphatic carbocycles. The standard InChI is InChI=1S/C46H71F3N4O7/c1-5-7-9-11-13-15-17-19-21-23-29-59-39-31-37(32-40(34-39)60-30-24-22-20-18-16-14-12-10-8-6-2)44(55)51-28-27-50-43(54)35-52(45(56)36(3)4)38-25-26-42(53(57)58)41(33-38)46(47,48)49/h25-26,31-34,36H,5-24,27-30,35H2,1-4H3,(H,50,54)(H,51,55). The van der Waals surface area contributed by atoms with E-state index >= 15 is 0 Å². The Morgan fingerprint density at radius 2 is 1.13 bits per heavy atom. The van der Waals surface area contributed by atoms with Gasteiger partial charge in [0.1, 0.15) is 23.6 Å². The van der Waals surface area contributed by atoms with Crippen molar-refractivity contribution in [1.29, 1.82) is 0 Å². The van der Waals surface area contributed by atoms with E-state index in [4.69, 9.17) is 9.47 Å². The maximum atomic E-state index is 13.7. The van der Waals surface area contributed by atoms with Crippen molar-refractivity contribution in [3.8, 4) is 11.5 Å².